The number of nitrogens with zero attached hydrogens (tertiary/aromatic N) is 1. The Morgan fingerprint density at radius 3 is 2.15 bits per heavy atom. The Hall–Kier alpha value is -0.320. The summed E-state index contributed by atoms with van der Waals surface area (Å²) < 4.78 is 4.63. The highest BCUT2D eigenvalue weighted by Crippen LogP contribution is 1.99. The van der Waals surface area contributed by atoms with Gasteiger partial charge in [-0.3, -0.25) is 9.69 Å². The van der Waals surface area contributed by atoms with Gasteiger partial charge in [-0.05, 0) is 13.1 Å². The smallest absolute Gasteiger partial charge is 0.324 e. The third-order valence-electron chi connectivity index (χ3n) is 1.95. The van der Waals surface area contributed by atoms with Crippen LogP contribution in [0.3, 0.4) is 0 Å². The Kier molecular flexibility index (Phi) is 9.67. The summed E-state index contributed by atoms with van der Waals surface area (Å²) >= 11 is 0. The lowest BCUT2D eigenvalue weighted by Gasteiger charge is -2.25. The number of nitrogens with two attached hydrogens (primary N) is 1. The number of ether oxygens (including phenoxy) is 1. The van der Waals surface area contributed by atoms with Crippen LogP contribution in [0.5, 0.6) is 0 Å². The van der Waals surface area contributed by atoms with Gasteiger partial charge < -0.3 is 10.5 Å². The Labute approximate surface area is 85.8 Å². The van der Waals surface area contributed by atoms with E-state index in [2.05, 4.69) is 4.74 Å². The lowest BCUT2D eigenvalue weighted by Crippen LogP contribution is -2.46. The van der Waals surface area contributed by atoms with Gasteiger partial charge in [0, 0.05) is 6.54 Å². The summed E-state index contributed by atoms with van der Waals surface area (Å²) in [4.78, 5) is 13.1. The van der Waals surface area contributed by atoms with Crippen LogP contribution in [0.25, 0.3) is 0 Å². The van der Waals surface area contributed by atoms with Crippen molar-refractivity contribution in [1.29, 1.82) is 0 Å². The molecule has 4 nitrogen and oxygen atoms in total. The number of halogens is 1. The molecule has 0 fully saturated rings. The molecule has 0 unspecified atom stereocenters. The highest BCUT2D eigenvalue weighted by molar-refractivity contribution is 5.85. The minimum Gasteiger partial charge on any atom is -0.468 e. The van der Waals surface area contributed by atoms with Gasteiger partial charge in [-0.2, -0.15) is 0 Å². The van der Waals surface area contributed by atoms with Gasteiger partial charge >= 0.3 is 5.97 Å². The molecular weight excluding hydrogens is 192 g/mol. The fourth-order valence-electron chi connectivity index (χ4n) is 1.19. The van der Waals surface area contributed by atoms with E-state index in [4.69, 9.17) is 5.73 Å². The van der Waals surface area contributed by atoms with Crippen LogP contribution in [0.1, 0.15) is 13.8 Å². The quantitative estimate of drug-likeness (QED) is 0.661. The van der Waals surface area contributed by atoms with Crippen molar-refractivity contribution >= 4 is 18.4 Å². The van der Waals surface area contributed by atoms with Gasteiger partial charge in [-0.15, -0.1) is 12.4 Å². The van der Waals surface area contributed by atoms with E-state index < -0.39 is 0 Å². The molecule has 0 rings (SSSR count). The second kappa shape index (κ2) is 8.29. The number of carbonyl (C=O) groups is 1. The molecule has 0 saturated heterocycles. The van der Waals surface area contributed by atoms with Crippen molar-refractivity contribution in [3.8, 4) is 0 Å². The Morgan fingerprint density at radius 2 is 1.92 bits per heavy atom. The molecule has 5 heteroatoms. The molecule has 0 aliphatic heterocycles. The van der Waals surface area contributed by atoms with Crippen molar-refractivity contribution in [1.82, 2.24) is 4.90 Å². The van der Waals surface area contributed by atoms with Crippen LogP contribution >= 0.6 is 12.4 Å². The molecule has 0 radical (unpaired) electrons. The molecule has 0 bridgehead atoms. The first-order valence-electron chi connectivity index (χ1n) is 4.23. The van der Waals surface area contributed by atoms with Crippen LogP contribution in [0, 0.1) is 0 Å². The van der Waals surface area contributed by atoms with Crippen LogP contribution < -0.4 is 5.73 Å². The number of likely N-dealkylation sites (N-methyl/N-ethyl adjacent to an activating group) is 1. The highest BCUT2D eigenvalue weighted by atomic mass is 35.5. The molecule has 0 saturated carbocycles. The van der Waals surface area contributed by atoms with E-state index in [1.54, 1.807) is 0 Å². The minimum absolute atomic E-state index is 0. The van der Waals surface area contributed by atoms with Gasteiger partial charge in [0.05, 0.1) is 7.11 Å². The number of hydrogen-bond acceptors (Lipinski definition) is 4. The molecule has 0 aromatic rings. The van der Waals surface area contributed by atoms with E-state index in [1.165, 1.54) is 7.11 Å². The van der Waals surface area contributed by atoms with Gasteiger partial charge in [0.2, 0.25) is 0 Å². The van der Waals surface area contributed by atoms with Crippen molar-refractivity contribution in [2.75, 3.05) is 26.7 Å². The van der Waals surface area contributed by atoms with E-state index in [-0.39, 0.29) is 24.4 Å². The minimum atomic E-state index is -0.287. The zero-order chi connectivity index (χ0) is 9.56. The molecular formula is C8H19ClN2O2. The van der Waals surface area contributed by atoms with Gasteiger partial charge in [-0.25, -0.2) is 0 Å². The fourth-order valence-corrected chi connectivity index (χ4v) is 1.19. The van der Waals surface area contributed by atoms with Crippen LogP contribution in [-0.4, -0.2) is 43.7 Å². The maximum absolute atomic E-state index is 11.2. The van der Waals surface area contributed by atoms with Crippen LogP contribution in [0.2, 0.25) is 0 Å². The predicted molar refractivity (Wildman–Crippen MR) is 55.0 cm³/mol. The summed E-state index contributed by atoms with van der Waals surface area (Å²) in [7, 11) is 1.38. The highest BCUT2D eigenvalue weighted by Gasteiger charge is 2.22. The fraction of sp³-hybridized carbons (Fsp3) is 0.875. The van der Waals surface area contributed by atoms with Crippen molar-refractivity contribution in [2.24, 2.45) is 5.73 Å². The molecule has 0 aliphatic carbocycles. The van der Waals surface area contributed by atoms with E-state index >= 15 is 0 Å². The molecule has 0 aromatic carbocycles. The number of rotatable bonds is 5. The van der Waals surface area contributed by atoms with Gasteiger partial charge in [-0.1, -0.05) is 13.8 Å². The normalized spacial score (nSPS) is 12.1. The summed E-state index contributed by atoms with van der Waals surface area (Å²) in [5.41, 5.74) is 5.46. The summed E-state index contributed by atoms with van der Waals surface area (Å²) in [6.07, 6.45) is 0. The standard InChI is InChI=1S/C8H18N2O2.ClH/c1-4-10(5-2)7(6-9)8(11)12-3;/h7H,4-6,9H2,1-3H3;1H/t7-;/m0./s1. The number of hydrogen-bond donors (Lipinski definition) is 1. The average molecular weight is 211 g/mol. The molecule has 0 heterocycles. The Balaban J connectivity index is 0. The molecule has 0 amide bonds. The lowest BCUT2D eigenvalue weighted by atomic mass is 10.2. The molecule has 0 aromatic heterocycles. The molecule has 1 atom stereocenters. The summed E-state index contributed by atoms with van der Waals surface area (Å²) in [5, 5.41) is 0. The maximum atomic E-state index is 11.2. The van der Waals surface area contributed by atoms with Gasteiger partial charge in [0.1, 0.15) is 6.04 Å². The molecule has 0 aliphatic rings. The Bertz CT molecular complexity index is 140. The van der Waals surface area contributed by atoms with Crippen molar-refractivity contribution in [3.05, 3.63) is 0 Å². The molecule has 2 N–H and O–H groups in total. The molecule has 13 heavy (non-hydrogen) atoms. The topological polar surface area (TPSA) is 55.6 Å². The van der Waals surface area contributed by atoms with Crippen molar-refractivity contribution in [3.63, 3.8) is 0 Å². The summed E-state index contributed by atoms with van der Waals surface area (Å²) in [5.74, 6) is -0.249. The zero-order valence-corrected chi connectivity index (χ0v) is 9.26. The average Bonchev–Trinajstić information content (AvgIpc) is 2.12. The van der Waals surface area contributed by atoms with Crippen LogP contribution in [-0.2, 0) is 9.53 Å². The largest absolute Gasteiger partial charge is 0.468 e. The first kappa shape index (κ1) is 15.2. The van der Waals surface area contributed by atoms with E-state index in [1.807, 2.05) is 18.7 Å². The Morgan fingerprint density at radius 1 is 1.46 bits per heavy atom. The van der Waals surface area contributed by atoms with Gasteiger partial charge in [0.15, 0.2) is 0 Å². The van der Waals surface area contributed by atoms with Crippen LogP contribution in [0.4, 0.5) is 0 Å². The second-order valence-electron chi connectivity index (χ2n) is 2.50. The van der Waals surface area contributed by atoms with Crippen LogP contribution in [0.15, 0.2) is 0 Å². The monoisotopic (exact) mass is 210 g/mol. The number of esters is 1. The molecule has 0 spiro atoms. The van der Waals surface area contributed by atoms with E-state index in [9.17, 15) is 4.79 Å². The predicted octanol–water partition coefficient (Wildman–Crippen LogP) is 0.250. The first-order valence-corrected chi connectivity index (χ1v) is 4.23. The van der Waals surface area contributed by atoms with E-state index in [0.29, 0.717) is 6.54 Å². The van der Waals surface area contributed by atoms with Crippen molar-refractivity contribution in [2.45, 2.75) is 19.9 Å². The third kappa shape index (κ3) is 4.45. The number of methoxy groups -OCH3 is 1. The second-order valence-corrected chi connectivity index (χ2v) is 2.50. The zero-order valence-electron chi connectivity index (χ0n) is 8.45. The molecule has 80 valence electrons. The lowest BCUT2D eigenvalue weighted by molar-refractivity contribution is -0.146. The van der Waals surface area contributed by atoms with Gasteiger partial charge in [0.25, 0.3) is 0 Å². The van der Waals surface area contributed by atoms with E-state index in [0.717, 1.165) is 13.1 Å². The maximum Gasteiger partial charge on any atom is 0.324 e. The summed E-state index contributed by atoms with van der Waals surface area (Å²) in [6.45, 7) is 5.93. The first-order chi connectivity index (χ1) is 5.71. The SMILES string of the molecule is CCN(CC)[C@@H](CN)C(=O)OC.Cl. The third-order valence-corrected chi connectivity index (χ3v) is 1.95. The van der Waals surface area contributed by atoms with Crippen molar-refractivity contribution < 1.29 is 9.53 Å². The summed E-state index contributed by atoms with van der Waals surface area (Å²) in [6, 6.07) is -0.287. The number of carbonyl (C=O) groups excluding carboxylic acids is 1.